The van der Waals surface area contributed by atoms with Gasteiger partial charge < -0.3 is 14.4 Å². The number of aromatic nitrogens is 1. The van der Waals surface area contributed by atoms with Crippen LogP contribution >= 0.6 is 11.3 Å². The second kappa shape index (κ2) is 5.50. The molecule has 1 aromatic carbocycles. The molecular formula is C14H14N2O3S. The summed E-state index contributed by atoms with van der Waals surface area (Å²) in [6.45, 7) is 1.49. The predicted molar refractivity (Wildman–Crippen MR) is 77.0 cm³/mol. The molecule has 5 nitrogen and oxygen atoms in total. The van der Waals surface area contributed by atoms with E-state index < -0.39 is 5.97 Å². The number of carbonyl (C=O) groups is 1. The molecule has 104 valence electrons. The number of esters is 1. The lowest BCUT2D eigenvalue weighted by molar-refractivity contribution is 0.0595. The Hall–Kier alpha value is -2.08. The Bertz CT molecular complexity index is 626. The molecule has 0 radical (unpaired) electrons. The summed E-state index contributed by atoms with van der Waals surface area (Å²) in [5.41, 5.74) is 1.32. The van der Waals surface area contributed by atoms with Crippen molar-refractivity contribution in [1.82, 2.24) is 4.98 Å². The van der Waals surface area contributed by atoms with E-state index in [1.807, 2.05) is 24.3 Å². The molecule has 0 saturated heterocycles. The predicted octanol–water partition coefficient (Wildman–Crippen LogP) is 2.85. The number of para-hydroxylation sites is 2. The average Bonchev–Trinajstić information content (AvgIpc) is 2.87. The molecule has 2 aromatic rings. The Kier molecular flexibility index (Phi) is 3.56. The van der Waals surface area contributed by atoms with Crippen molar-refractivity contribution in [2.24, 2.45) is 0 Å². The molecule has 0 aliphatic carbocycles. The van der Waals surface area contributed by atoms with Gasteiger partial charge in [-0.1, -0.05) is 12.1 Å². The summed E-state index contributed by atoms with van der Waals surface area (Å²) in [6, 6.07) is 7.86. The average molecular weight is 290 g/mol. The van der Waals surface area contributed by atoms with Crippen molar-refractivity contribution >= 4 is 28.1 Å². The van der Waals surface area contributed by atoms with Crippen molar-refractivity contribution in [3.63, 3.8) is 0 Å². The highest BCUT2D eigenvalue weighted by molar-refractivity contribution is 7.14. The van der Waals surface area contributed by atoms with Gasteiger partial charge in [-0.2, -0.15) is 0 Å². The van der Waals surface area contributed by atoms with Gasteiger partial charge in [0.25, 0.3) is 0 Å². The van der Waals surface area contributed by atoms with Gasteiger partial charge in [-0.3, -0.25) is 0 Å². The first-order valence-corrected chi connectivity index (χ1v) is 7.21. The van der Waals surface area contributed by atoms with Crippen LogP contribution in [0.5, 0.6) is 5.75 Å². The molecule has 3 rings (SSSR count). The van der Waals surface area contributed by atoms with Crippen molar-refractivity contribution < 1.29 is 14.3 Å². The Labute approximate surface area is 120 Å². The fraction of sp³-hybridized carbons (Fsp3) is 0.286. The zero-order chi connectivity index (χ0) is 13.9. The van der Waals surface area contributed by atoms with Crippen LogP contribution < -0.4 is 9.64 Å². The van der Waals surface area contributed by atoms with Crippen LogP contribution in [0.3, 0.4) is 0 Å². The minimum atomic E-state index is -0.410. The van der Waals surface area contributed by atoms with Crippen LogP contribution in [-0.2, 0) is 4.74 Å². The summed E-state index contributed by atoms with van der Waals surface area (Å²) in [5.74, 6) is 0.437. The van der Waals surface area contributed by atoms with Crippen LogP contribution in [0.15, 0.2) is 29.6 Å². The van der Waals surface area contributed by atoms with E-state index in [0.717, 1.165) is 29.5 Å². The van der Waals surface area contributed by atoms with Gasteiger partial charge in [-0.25, -0.2) is 9.78 Å². The van der Waals surface area contributed by atoms with Crippen LogP contribution in [0.25, 0.3) is 0 Å². The fourth-order valence-electron chi connectivity index (χ4n) is 2.11. The van der Waals surface area contributed by atoms with E-state index in [0.29, 0.717) is 12.3 Å². The highest BCUT2D eigenvalue weighted by Gasteiger charge is 2.21. The minimum absolute atomic E-state index is 0.343. The summed E-state index contributed by atoms with van der Waals surface area (Å²) in [4.78, 5) is 17.9. The van der Waals surface area contributed by atoms with Crippen molar-refractivity contribution in [2.45, 2.75) is 6.42 Å². The maximum absolute atomic E-state index is 11.5. The van der Waals surface area contributed by atoms with Crippen molar-refractivity contribution in [1.29, 1.82) is 0 Å². The van der Waals surface area contributed by atoms with E-state index in [4.69, 9.17) is 9.47 Å². The molecule has 0 atom stereocenters. The number of rotatable bonds is 2. The van der Waals surface area contributed by atoms with Gasteiger partial charge in [0.2, 0.25) is 0 Å². The number of fused-ring (bicyclic) bond motifs is 1. The lowest BCUT2D eigenvalue weighted by atomic mass is 10.2. The molecule has 0 bridgehead atoms. The molecule has 1 aliphatic rings. The van der Waals surface area contributed by atoms with Gasteiger partial charge in [0.05, 0.1) is 19.4 Å². The zero-order valence-corrected chi connectivity index (χ0v) is 11.9. The summed E-state index contributed by atoms with van der Waals surface area (Å²) in [7, 11) is 1.36. The third kappa shape index (κ3) is 2.34. The van der Waals surface area contributed by atoms with Crippen LogP contribution in [0, 0.1) is 0 Å². The highest BCUT2D eigenvalue weighted by atomic mass is 32.1. The SMILES string of the molecule is COC(=O)c1csc(N2CCCOc3ccccc32)n1. The first-order valence-electron chi connectivity index (χ1n) is 6.33. The number of ether oxygens (including phenoxy) is 2. The number of nitrogens with zero attached hydrogens (tertiary/aromatic N) is 2. The molecule has 1 aromatic heterocycles. The monoisotopic (exact) mass is 290 g/mol. The summed E-state index contributed by atoms with van der Waals surface area (Å²) in [5, 5.41) is 2.50. The number of thiazole rings is 1. The first kappa shape index (κ1) is 12.9. The molecular weight excluding hydrogens is 276 g/mol. The van der Waals surface area contributed by atoms with E-state index in [1.165, 1.54) is 18.4 Å². The Morgan fingerprint density at radius 2 is 2.30 bits per heavy atom. The van der Waals surface area contributed by atoms with Crippen molar-refractivity contribution in [3.05, 3.63) is 35.3 Å². The number of hydrogen-bond acceptors (Lipinski definition) is 6. The first-order chi connectivity index (χ1) is 9.79. The Balaban J connectivity index is 1.97. The van der Waals surface area contributed by atoms with Gasteiger partial charge in [0, 0.05) is 11.9 Å². The lowest BCUT2D eigenvalue weighted by Gasteiger charge is -2.20. The van der Waals surface area contributed by atoms with E-state index >= 15 is 0 Å². The fourth-order valence-corrected chi connectivity index (χ4v) is 2.95. The lowest BCUT2D eigenvalue weighted by Crippen LogP contribution is -2.17. The highest BCUT2D eigenvalue weighted by Crippen LogP contribution is 2.37. The van der Waals surface area contributed by atoms with E-state index in [-0.39, 0.29) is 0 Å². The quantitative estimate of drug-likeness (QED) is 0.796. The normalized spacial score (nSPS) is 14.2. The third-order valence-corrected chi connectivity index (χ3v) is 3.92. The molecule has 0 spiro atoms. The van der Waals surface area contributed by atoms with E-state index in [1.54, 1.807) is 5.38 Å². The topological polar surface area (TPSA) is 51.7 Å². The molecule has 2 heterocycles. The summed E-state index contributed by atoms with van der Waals surface area (Å²) >= 11 is 1.43. The summed E-state index contributed by atoms with van der Waals surface area (Å²) in [6.07, 6.45) is 0.905. The van der Waals surface area contributed by atoms with Crippen molar-refractivity contribution in [3.8, 4) is 5.75 Å². The van der Waals surface area contributed by atoms with Gasteiger partial charge in [0.15, 0.2) is 10.8 Å². The minimum Gasteiger partial charge on any atom is -0.491 e. The smallest absolute Gasteiger partial charge is 0.357 e. The number of hydrogen-bond donors (Lipinski definition) is 0. The molecule has 0 N–H and O–H groups in total. The van der Waals surface area contributed by atoms with Crippen LogP contribution in [0.2, 0.25) is 0 Å². The largest absolute Gasteiger partial charge is 0.491 e. The van der Waals surface area contributed by atoms with Gasteiger partial charge in [-0.15, -0.1) is 11.3 Å². The Morgan fingerprint density at radius 1 is 1.45 bits per heavy atom. The second-order valence-corrected chi connectivity index (χ2v) is 5.16. The van der Waals surface area contributed by atoms with Crippen LogP contribution in [0.4, 0.5) is 10.8 Å². The molecule has 0 fully saturated rings. The van der Waals surface area contributed by atoms with Crippen LogP contribution in [0.1, 0.15) is 16.9 Å². The summed E-state index contributed by atoms with van der Waals surface area (Å²) < 4.78 is 10.4. The molecule has 1 aliphatic heterocycles. The molecule has 0 unspecified atom stereocenters. The molecule has 20 heavy (non-hydrogen) atoms. The van der Waals surface area contributed by atoms with E-state index in [9.17, 15) is 4.79 Å². The Morgan fingerprint density at radius 3 is 3.15 bits per heavy atom. The number of anilines is 2. The maximum atomic E-state index is 11.5. The number of carbonyl (C=O) groups excluding carboxylic acids is 1. The van der Waals surface area contributed by atoms with E-state index in [2.05, 4.69) is 9.88 Å². The van der Waals surface area contributed by atoms with Gasteiger partial charge in [-0.05, 0) is 18.6 Å². The maximum Gasteiger partial charge on any atom is 0.357 e. The van der Waals surface area contributed by atoms with Crippen LogP contribution in [-0.4, -0.2) is 31.2 Å². The molecule has 0 saturated carbocycles. The second-order valence-electron chi connectivity index (χ2n) is 4.33. The molecule has 6 heteroatoms. The standard InChI is InChI=1S/C14H14N2O3S/c1-18-13(17)10-9-20-14(15-10)16-7-4-8-19-12-6-3-2-5-11(12)16/h2-3,5-6,9H,4,7-8H2,1H3. The van der Waals surface area contributed by atoms with Crippen molar-refractivity contribution in [2.75, 3.05) is 25.2 Å². The third-order valence-electron chi connectivity index (χ3n) is 3.06. The van der Waals surface area contributed by atoms with Gasteiger partial charge >= 0.3 is 5.97 Å². The zero-order valence-electron chi connectivity index (χ0n) is 11.0. The van der Waals surface area contributed by atoms with Gasteiger partial charge in [0.1, 0.15) is 5.75 Å². The molecule has 0 amide bonds. The number of methoxy groups -OCH3 is 1. The number of benzene rings is 1.